The van der Waals surface area contributed by atoms with Gasteiger partial charge in [-0.15, -0.1) is 0 Å². The van der Waals surface area contributed by atoms with Gasteiger partial charge in [0.05, 0.1) is 16.2 Å². The van der Waals surface area contributed by atoms with Gasteiger partial charge in [0.25, 0.3) is 5.56 Å². The van der Waals surface area contributed by atoms with Gasteiger partial charge in [-0.3, -0.25) is 4.79 Å². The summed E-state index contributed by atoms with van der Waals surface area (Å²) in [7, 11) is 0. The van der Waals surface area contributed by atoms with E-state index in [9.17, 15) is 9.59 Å². The van der Waals surface area contributed by atoms with E-state index in [1.165, 1.54) is 16.8 Å². The van der Waals surface area contributed by atoms with Gasteiger partial charge < -0.3 is 4.74 Å². The minimum Gasteiger partial charge on any atom is -0.454 e. The maximum absolute atomic E-state index is 12.3. The van der Waals surface area contributed by atoms with Crippen LogP contribution in [0.2, 0.25) is 5.02 Å². The molecular formula is C20H20ClN3O3. The number of halogens is 1. The van der Waals surface area contributed by atoms with E-state index in [2.05, 4.69) is 10.1 Å². The lowest BCUT2D eigenvalue weighted by atomic mass is 10.1. The molecule has 0 spiro atoms. The highest BCUT2D eigenvalue weighted by Gasteiger charge is 2.15. The standard InChI is InChI=1S/C20H20ClN3O3/c1-3-4-11-24-18(25)10-9-16(23-24)20(26)27-12-17-19(21)13(2)14-7-5-6-8-15(14)22-17/h5-10H,3-4,11-12H2,1-2H3. The Balaban J connectivity index is 1.79. The summed E-state index contributed by atoms with van der Waals surface area (Å²) < 4.78 is 6.62. The van der Waals surface area contributed by atoms with E-state index in [1.54, 1.807) is 0 Å². The summed E-state index contributed by atoms with van der Waals surface area (Å²) in [6, 6.07) is 10.3. The van der Waals surface area contributed by atoms with Crippen molar-refractivity contribution in [1.82, 2.24) is 14.8 Å². The van der Waals surface area contributed by atoms with E-state index >= 15 is 0 Å². The smallest absolute Gasteiger partial charge is 0.359 e. The molecule has 0 unspecified atom stereocenters. The zero-order valence-corrected chi connectivity index (χ0v) is 16.0. The summed E-state index contributed by atoms with van der Waals surface area (Å²) in [4.78, 5) is 28.6. The Morgan fingerprint density at radius 1 is 1.22 bits per heavy atom. The zero-order chi connectivity index (χ0) is 19.4. The molecule has 27 heavy (non-hydrogen) atoms. The van der Waals surface area contributed by atoms with Gasteiger partial charge in [0.1, 0.15) is 6.61 Å². The van der Waals surface area contributed by atoms with Crippen molar-refractivity contribution in [3.8, 4) is 0 Å². The van der Waals surface area contributed by atoms with Crippen LogP contribution in [-0.4, -0.2) is 20.7 Å². The third-order valence-electron chi connectivity index (χ3n) is 4.29. The van der Waals surface area contributed by atoms with Gasteiger partial charge in [-0.25, -0.2) is 14.5 Å². The summed E-state index contributed by atoms with van der Waals surface area (Å²) >= 11 is 6.39. The maximum atomic E-state index is 12.3. The Morgan fingerprint density at radius 3 is 2.78 bits per heavy atom. The molecule has 0 aliphatic carbocycles. The summed E-state index contributed by atoms with van der Waals surface area (Å²) in [5, 5.41) is 5.52. The molecule has 0 aliphatic rings. The van der Waals surface area contributed by atoms with E-state index in [0.717, 1.165) is 29.3 Å². The Labute approximate surface area is 161 Å². The highest BCUT2D eigenvalue weighted by Crippen LogP contribution is 2.27. The Hall–Kier alpha value is -2.73. The van der Waals surface area contributed by atoms with Crippen molar-refractivity contribution < 1.29 is 9.53 Å². The van der Waals surface area contributed by atoms with Crippen molar-refractivity contribution >= 4 is 28.5 Å². The number of hydrogen-bond donors (Lipinski definition) is 0. The number of nitrogens with zero attached hydrogens (tertiary/aromatic N) is 3. The second-order valence-electron chi connectivity index (χ2n) is 6.22. The van der Waals surface area contributed by atoms with Crippen molar-refractivity contribution in [3.63, 3.8) is 0 Å². The first-order valence-corrected chi connectivity index (χ1v) is 9.18. The summed E-state index contributed by atoms with van der Waals surface area (Å²) in [6.45, 7) is 4.32. The highest BCUT2D eigenvalue weighted by atomic mass is 35.5. The lowest BCUT2D eigenvalue weighted by Crippen LogP contribution is -2.25. The van der Waals surface area contributed by atoms with Crippen LogP contribution in [0.15, 0.2) is 41.2 Å². The number of ether oxygens (including phenoxy) is 1. The molecular weight excluding hydrogens is 366 g/mol. The number of benzene rings is 1. The van der Waals surface area contributed by atoms with Gasteiger partial charge in [0, 0.05) is 18.0 Å². The number of aryl methyl sites for hydroxylation is 2. The molecule has 0 bridgehead atoms. The molecule has 0 aliphatic heterocycles. The Kier molecular flexibility index (Phi) is 5.86. The molecule has 2 aromatic heterocycles. The molecule has 3 rings (SSSR count). The summed E-state index contributed by atoms with van der Waals surface area (Å²) in [6.07, 6.45) is 1.73. The molecule has 0 saturated carbocycles. The number of esters is 1. The van der Waals surface area contributed by atoms with E-state index in [1.807, 2.05) is 38.1 Å². The van der Waals surface area contributed by atoms with Crippen molar-refractivity contribution in [2.24, 2.45) is 0 Å². The number of carbonyl (C=O) groups excluding carboxylic acids is 1. The predicted molar refractivity (Wildman–Crippen MR) is 104 cm³/mol. The van der Waals surface area contributed by atoms with Gasteiger partial charge in [0.2, 0.25) is 0 Å². The number of rotatable bonds is 6. The highest BCUT2D eigenvalue weighted by molar-refractivity contribution is 6.32. The zero-order valence-electron chi connectivity index (χ0n) is 15.2. The fraction of sp³-hybridized carbons (Fsp3) is 0.300. The summed E-state index contributed by atoms with van der Waals surface area (Å²) in [5.74, 6) is -0.621. The molecule has 0 fully saturated rings. The SMILES string of the molecule is CCCCn1nc(C(=O)OCc2nc3ccccc3c(C)c2Cl)ccc1=O. The number of carbonyl (C=O) groups is 1. The molecule has 0 N–H and O–H groups in total. The van der Waals surface area contributed by atoms with E-state index < -0.39 is 5.97 Å². The average Bonchev–Trinajstić information content (AvgIpc) is 2.68. The quantitative estimate of drug-likeness (QED) is 0.601. The minimum atomic E-state index is -0.621. The molecule has 1 aromatic carbocycles. The van der Waals surface area contributed by atoms with E-state index in [-0.39, 0.29) is 17.9 Å². The van der Waals surface area contributed by atoms with Crippen LogP contribution in [0.4, 0.5) is 0 Å². The summed E-state index contributed by atoms with van der Waals surface area (Å²) in [5.41, 5.74) is 2.01. The molecule has 0 atom stereocenters. The molecule has 0 saturated heterocycles. The van der Waals surface area contributed by atoms with E-state index in [4.69, 9.17) is 16.3 Å². The second-order valence-corrected chi connectivity index (χ2v) is 6.60. The third-order valence-corrected chi connectivity index (χ3v) is 4.79. The van der Waals surface area contributed by atoms with Crippen LogP contribution >= 0.6 is 11.6 Å². The van der Waals surface area contributed by atoms with Crippen molar-refractivity contribution in [1.29, 1.82) is 0 Å². The number of pyridine rings is 1. The number of hydrogen-bond acceptors (Lipinski definition) is 5. The van der Waals surface area contributed by atoms with Crippen LogP contribution in [0.3, 0.4) is 0 Å². The number of aromatic nitrogens is 3. The van der Waals surface area contributed by atoms with Crippen LogP contribution < -0.4 is 5.56 Å². The molecule has 3 aromatic rings. The van der Waals surface area contributed by atoms with Gasteiger partial charge in [-0.2, -0.15) is 5.10 Å². The molecule has 2 heterocycles. The molecule has 6 nitrogen and oxygen atoms in total. The Bertz CT molecular complexity index is 1050. The van der Waals surface area contributed by atoms with Crippen molar-refractivity contribution in [3.05, 3.63) is 68.7 Å². The van der Waals surface area contributed by atoms with Gasteiger partial charge in [-0.05, 0) is 31.0 Å². The minimum absolute atomic E-state index is 0.0703. The van der Waals surface area contributed by atoms with Gasteiger partial charge in [0.15, 0.2) is 5.69 Å². The monoisotopic (exact) mass is 385 g/mol. The van der Waals surface area contributed by atoms with Crippen LogP contribution in [0.5, 0.6) is 0 Å². The number of unbranched alkanes of at least 4 members (excludes halogenated alkanes) is 1. The first-order chi connectivity index (χ1) is 13.0. The van der Waals surface area contributed by atoms with Crippen LogP contribution in [0, 0.1) is 6.92 Å². The first-order valence-electron chi connectivity index (χ1n) is 8.80. The van der Waals surface area contributed by atoms with E-state index in [0.29, 0.717) is 17.3 Å². The second kappa shape index (κ2) is 8.31. The lowest BCUT2D eigenvalue weighted by molar-refractivity contribution is 0.0458. The number of para-hydroxylation sites is 1. The van der Waals surface area contributed by atoms with Gasteiger partial charge in [-0.1, -0.05) is 43.1 Å². The molecule has 140 valence electrons. The first kappa shape index (κ1) is 19.0. The fourth-order valence-corrected chi connectivity index (χ4v) is 2.95. The number of fused-ring (bicyclic) bond motifs is 1. The molecule has 0 amide bonds. The maximum Gasteiger partial charge on any atom is 0.359 e. The third kappa shape index (κ3) is 4.17. The van der Waals surface area contributed by atoms with Crippen molar-refractivity contribution in [2.75, 3.05) is 0 Å². The molecule has 7 heteroatoms. The molecule has 0 radical (unpaired) electrons. The van der Waals surface area contributed by atoms with Crippen molar-refractivity contribution in [2.45, 2.75) is 39.8 Å². The fourth-order valence-electron chi connectivity index (χ4n) is 2.75. The normalized spacial score (nSPS) is 10.9. The average molecular weight is 386 g/mol. The lowest BCUT2D eigenvalue weighted by Gasteiger charge is -2.11. The van der Waals surface area contributed by atoms with Crippen LogP contribution in [0.1, 0.15) is 41.5 Å². The van der Waals surface area contributed by atoms with Crippen LogP contribution in [0.25, 0.3) is 10.9 Å². The largest absolute Gasteiger partial charge is 0.454 e. The Morgan fingerprint density at radius 2 is 2.00 bits per heavy atom. The topological polar surface area (TPSA) is 74.1 Å². The van der Waals surface area contributed by atoms with Crippen LogP contribution in [-0.2, 0) is 17.9 Å². The predicted octanol–water partition coefficient (Wildman–Crippen LogP) is 3.91. The van der Waals surface area contributed by atoms with Gasteiger partial charge >= 0.3 is 5.97 Å².